The van der Waals surface area contributed by atoms with E-state index >= 15 is 0 Å². The number of carbonyl (C=O) groups excluding carboxylic acids is 1. The first kappa shape index (κ1) is 20.0. The monoisotopic (exact) mass is 400 g/mol. The van der Waals surface area contributed by atoms with Crippen LogP contribution >= 0.6 is 23.4 Å². The summed E-state index contributed by atoms with van der Waals surface area (Å²) in [7, 11) is 0. The van der Waals surface area contributed by atoms with Crippen molar-refractivity contribution in [3.63, 3.8) is 0 Å². The van der Waals surface area contributed by atoms with Gasteiger partial charge in [-0.2, -0.15) is 0 Å². The molecule has 0 radical (unpaired) electrons. The fraction of sp³-hybridized carbons (Fsp3) is 0.318. The maximum atomic E-state index is 12.4. The zero-order valence-corrected chi connectivity index (χ0v) is 17.0. The lowest BCUT2D eigenvalue weighted by atomic mass is 10.2. The summed E-state index contributed by atoms with van der Waals surface area (Å²) in [6.07, 6.45) is 4.36. The molecule has 1 amide bonds. The predicted octanol–water partition coefficient (Wildman–Crippen LogP) is 4.43. The van der Waals surface area contributed by atoms with Gasteiger partial charge in [-0.3, -0.25) is 9.69 Å². The largest absolute Gasteiger partial charge is 0.339 e. The quantitative estimate of drug-likeness (QED) is 0.686. The Kier molecular flexibility index (Phi) is 7.81. The van der Waals surface area contributed by atoms with Crippen molar-refractivity contribution in [3.8, 4) is 0 Å². The first-order chi connectivity index (χ1) is 13.2. The van der Waals surface area contributed by atoms with E-state index in [4.69, 9.17) is 11.6 Å². The molecular weight excluding hydrogens is 376 g/mol. The normalized spacial score (nSPS) is 15.4. The maximum absolute atomic E-state index is 12.4. The number of nitrogens with zero attached hydrogens (tertiary/aromatic N) is 2. The smallest absolute Gasteiger partial charge is 0.232 e. The van der Waals surface area contributed by atoms with Gasteiger partial charge in [0, 0.05) is 43.5 Å². The number of benzene rings is 2. The second kappa shape index (κ2) is 10.5. The molecule has 0 saturated carbocycles. The zero-order chi connectivity index (χ0) is 18.9. The van der Waals surface area contributed by atoms with Crippen molar-refractivity contribution in [3.05, 3.63) is 76.8 Å². The molecule has 3 nitrogen and oxygen atoms in total. The molecule has 0 aromatic heterocycles. The molecule has 0 aliphatic carbocycles. The fourth-order valence-corrected chi connectivity index (χ4v) is 4.25. The zero-order valence-electron chi connectivity index (χ0n) is 15.4. The maximum Gasteiger partial charge on any atom is 0.232 e. The number of rotatable bonds is 7. The standard InChI is InChI=1S/C22H25ClN2OS/c23-21-11-5-4-10-20(21)17-27-18-22(26)25-15-13-24(14-16-25)12-6-9-19-7-2-1-3-8-19/h1-11H,12-18H2/b9-6+. The average Bonchev–Trinajstić information content (AvgIpc) is 2.71. The summed E-state index contributed by atoms with van der Waals surface area (Å²) in [5, 5.41) is 0.773. The molecule has 0 spiro atoms. The minimum atomic E-state index is 0.228. The van der Waals surface area contributed by atoms with Crippen LogP contribution in [0.15, 0.2) is 60.7 Å². The van der Waals surface area contributed by atoms with E-state index in [1.807, 2.05) is 47.4 Å². The van der Waals surface area contributed by atoms with Crippen LogP contribution in [0.2, 0.25) is 5.02 Å². The summed E-state index contributed by atoms with van der Waals surface area (Å²) in [4.78, 5) is 16.8. The van der Waals surface area contributed by atoms with Gasteiger partial charge >= 0.3 is 0 Å². The number of halogens is 1. The lowest BCUT2D eigenvalue weighted by molar-refractivity contribution is -0.129. The Labute approximate surface area is 171 Å². The van der Waals surface area contributed by atoms with Gasteiger partial charge < -0.3 is 4.90 Å². The van der Waals surface area contributed by atoms with Crippen LogP contribution in [0.4, 0.5) is 0 Å². The van der Waals surface area contributed by atoms with Crippen molar-refractivity contribution in [1.29, 1.82) is 0 Å². The number of hydrogen-bond donors (Lipinski definition) is 0. The van der Waals surface area contributed by atoms with E-state index in [1.54, 1.807) is 11.8 Å². The molecule has 1 heterocycles. The SMILES string of the molecule is O=C(CSCc1ccccc1Cl)N1CCN(C/C=C/c2ccccc2)CC1. The Morgan fingerprint density at radius 1 is 1.00 bits per heavy atom. The van der Waals surface area contributed by atoms with Crippen molar-refractivity contribution >= 4 is 35.3 Å². The third-order valence-corrected chi connectivity index (χ3v) is 5.97. The van der Waals surface area contributed by atoms with Crippen LogP contribution in [0.25, 0.3) is 6.08 Å². The Bertz CT molecular complexity index is 758. The van der Waals surface area contributed by atoms with Crippen LogP contribution in [0, 0.1) is 0 Å². The topological polar surface area (TPSA) is 23.6 Å². The van der Waals surface area contributed by atoms with E-state index in [0.29, 0.717) is 5.75 Å². The number of hydrogen-bond acceptors (Lipinski definition) is 3. The Balaban J connectivity index is 1.35. The molecule has 2 aromatic carbocycles. The molecule has 2 aromatic rings. The number of amides is 1. The highest BCUT2D eigenvalue weighted by molar-refractivity contribution is 7.99. The number of carbonyl (C=O) groups is 1. The molecule has 3 rings (SSSR count). The van der Waals surface area contributed by atoms with Crippen molar-refractivity contribution in [2.24, 2.45) is 0 Å². The van der Waals surface area contributed by atoms with Gasteiger partial charge in [0.1, 0.15) is 0 Å². The van der Waals surface area contributed by atoms with Crippen molar-refractivity contribution in [2.75, 3.05) is 38.5 Å². The van der Waals surface area contributed by atoms with E-state index in [0.717, 1.165) is 49.1 Å². The molecular formula is C22H25ClN2OS. The van der Waals surface area contributed by atoms with Crippen molar-refractivity contribution in [1.82, 2.24) is 9.80 Å². The minimum Gasteiger partial charge on any atom is -0.339 e. The van der Waals surface area contributed by atoms with Gasteiger partial charge in [0.05, 0.1) is 5.75 Å². The highest BCUT2D eigenvalue weighted by atomic mass is 35.5. The molecule has 27 heavy (non-hydrogen) atoms. The summed E-state index contributed by atoms with van der Waals surface area (Å²) in [6.45, 7) is 4.41. The third-order valence-electron chi connectivity index (χ3n) is 4.64. The molecule has 5 heteroatoms. The van der Waals surface area contributed by atoms with Crippen LogP contribution in [0.1, 0.15) is 11.1 Å². The van der Waals surface area contributed by atoms with E-state index in [-0.39, 0.29) is 5.91 Å². The van der Waals surface area contributed by atoms with E-state index in [9.17, 15) is 4.79 Å². The summed E-state index contributed by atoms with van der Waals surface area (Å²) >= 11 is 7.80. The van der Waals surface area contributed by atoms with Gasteiger partial charge in [0.2, 0.25) is 5.91 Å². The second-order valence-corrected chi connectivity index (χ2v) is 7.97. The number of piperazine rings is 1. The third kappa shape index (κ3) is 6.42. The second-order valence-electron chi connectivity index (χ2n) is 6.58. The first-order valence-corrected chi connectivity index (χ1v) is 10.8. The van der Waals surface area contributed by atoms with Gasteiger partial charge in [0.15, 0.2) is 0 Å². The van der Waals surface area contributed by atoms with Gasteiger partial charge in [0.25, 0.3) is 0 Å². The van der Waals surface area contributed by atoms with Gasteiger partial charge in [-0.05, 0) is 17.2 Å². The van der Waals surface area contributed by atoms with Gasteiger partial charge in [-0.15, -0.1) is 11.8 Å². The predicted molar refractivity (Wildman–Crippen MR) is 116 cm³/mol. The Hall–Kier alpha value is -1.75. The lowest BCUT2D eigenvalue weighted by Crippen LogP contribution is -2.49. The fourth-order valence-electron chi connectivity index (χ4n) is 3.04. The summed E-state index contributed by atoms with van der Waals surface area (Å²) < 4.78 is 0. The first-order valence-electron chi connectivity index (χ1n) is 9.25. The summed E-state index contributed by atoms with van der Waals surface area (Å²) in [6, 6.07) is 18.2. The molecule has 0 atom stereocenters. The molecule has 1 saturated heterocycles. The van der Waals surface area contributed by atoms with E-state index < -0.39 is 0 Å². The lowest BCUT2D eigenvalue weighted by Gasteiger charge is -2.34. The molecule has 0 bridgehead atoms. The van der Waals surface area contributed by atoms with Crippen LogP contribution < -0.4 is 0 Å². The van der Waals surface area contributed by atoms with E-state index in [1.165, 1.54) is 5.56 Å². The highest BCUT2D eigenvalue weighted by Gasteiger charge is 2.20. The minimum absolute atomic E-state index is 0.228. The van der Waals surface area contributed by atoms with Crippen molar-refractivity contribution < 1.29 is 4.79 Å². The molecule has 1 aliphatic rings. The molecule has 1 fully saturated rings. The van der Waals surface area contributed by atoms with Gasteiger partial charge in [-0.25, -0.2) is 0 Å². The molecule has 1 aliphatic heterocycles. The molecule has 0 unspecified atom stereocenters. The Morgan fingerprint density at radius 2 is 1.70 bits per heavy atom. The van der Waals surface area contributed by atoms with Crippen LogP contribution in [-0.4, -0.2) is 54.2 Å². The summed E-state index contributed by atoms with van der Waals surface area (Å²) in [5.74, 6) is 1.51. The van der Waals surface area contributed by atoms with Crippen molar-refractivity contribution in [2.45, 2.75) is 5.75 Å². The Morgan fingerprint density at radius 3 is 2.44 bits per heavy atom. The average molecular weight is 401 g/mol. The molecule has 0 N–H and O–H groups in total. The van der Waals surface area contributed by atoms with Crippen LogP contribution in [-0.2, 0) is 10.5 Å². The van der Waals surface area contributed by atoms with E-state index in [2.05, 4.69) is 29.2 Å². The van der Waals surface area contributed by atoms with Crippen LogP contribution in [0.3, 0.4) is 0 Å². The van der Waals surface area contributed by atoms with Crippen LogP contribution in [0.5, 0.6) is 0 Å². The molecule has 142 valence electrons. The van der Waals surface area contributed by atoms with Gasteiger partial charge in [-0.1, -0.05) is 72.3 Å². The summed E-state index contributed by atoms with van der Waals surface area (Å²) in [5.41, 5.74) is 2.31. The highest BCUT2D eigenvalue weighted by Crippen LogP contribution is 2.21. The number of thioether (sulfide) groups is 1.